The molecule has 3 rings (SSSR count). The van der Waals surface area contributed by atoms with Crippen LogP contribution in [0.15, 0.2) is 12.1 Å². The van der Waals surface area contributed by atoms with Gasteiger partial charge in [0.2, 0.25) is 5.91 Å². The van der Waals surface area contributed by atoms with Crippen LogP contribution in [0.1, 0.15) is 36.8 Å². The van der Waals surface area contributed by atoms with Gasteiger partial charge in [0.15, 0.2) is 0 Å². The molecule has 106 valence electrons. The van der Waals surface area contributed by atoms with Crippen molar-refractivity contribution in [2.45, 2.75) is 52.1 Å². The molecular formula is C15H20N4O. The first-order valence-electron chi connectivity index (χ1n) is 7.23. The van der Waals surface area contributed by atoms with Crippen LogP contribution in [0.5, 0.6) is 0 Å². The van der Waals surface area contributed by atoms with Crippen LogP contribution in [-0.2, 0) is 11.3 Å². The van der Waals surface area contributed by atoms with E-state index in [1.54, 1.807) is 4.68 Å². The van der Waals surface area contributed by atoms with Crippen molar-refractivity contribution in [3.8, 4) is 0 Å². The molecule has 0 spiro atoms. The lowest BCUT2D eigenvalue weighted by atomic mass is 10.1. The second kappa shape index (κ2) is 5.23. The van der Waals surface area contributed by atoms with Crippen LogP contribution < -0.4 is 5.32 Å². The summed E-state index contributed by atoms with van der Waals surface area (Å²) < 4.78 is 1.69. The van der Waals surface area contributed by atoms with E-state index in [-0.39, 0.29) is 12.5 Å². The van der Waals surface area contributed by atoms with Gasteiger partial charge in [-0.15, -0.1) is 5.10 Å². The molecular weight excluding hydrogens is 252 g/mol. The van der Waals surface area contributed by atoms with Crippen LogP contribution in [0.25, 0.3) is 11.0 Å². The molecule has 1 aromatic heterocycles. The number of aromatic nitrogens is 3. The van der Waals surface area contributed by atoms with Crippen molar-refractivity contribution in [2.75, 3.05) is 0 Å². The van der Waals surface area contributed by atoms with E-state index < -0.39 is 0 Å². The summed E-state index contributed by atoms with van der Waals surface area (Å²) in [6, 6.07) is 4.41. The molecule has 1 aliphatic carbocycles. The molecule has 1 N–H and O–H groups in total. The molecule has 1 saturated carbocycles. The Morgan fingerprint density at radius 3 is 2.75 bits per heavy atom. The van der Waals surface area contributed by atoms with Gasteiger partial charge in [0.25, 0.3) is 0 Å². The zero-order valence-corrected chi connectivity index (χ0v) is 12.0. The molecule has 0 radical (unpaired) electrons. The third-order valence-electron chi connectivity index (χ3n) is 4.14. The molecule has 1 heterocycles. The number of hydrogen-bond donors (Lipinski definition) is 1. The Morgan fingerprint density at radius 2 is 2.00 bits per heavy atom. The lowest BCUT2D eigenvalue weighted by molar-refractivity contribution is -0.122. The largest absolute Gasteiger partial charge is 0.352 e. The maximum absolute atomic E-state index is 12.1. The number of amides is 1. The van der Waals surface area contributed by atoms with Crippen LogP contribution in [-0.4, -0.2) is 26.9 Å². The normalized spacial score (nSPS) is 15.9. The van der Waals surface area contributed by atoms with E-state index in [9.17, 15) is 4.79 Å². The Balaban J connectivity index is 1.76. The Labute approximate surface area is 118 Å². The quantitative estimate of drug-likeness (QED) is 0.931. The highest BCUT2D eigenvalue weighted by molar-refractivity contribution is 5.80. The zero-order valence-electron chi connectivity index (χ0n) is 12.0. The Morgan fingerprint density at radius 1 is 1.30 bits per heavy atom. The molecule has 20 heavy (non-hydrogen) atoms. The lowest BCUT2D eigenvalue weighted by Crippen LogP contribution is -2.35. The van der Waals surface area contributed by atoms with Crippen LogP contribution in [0.4, 0.5) is 0 Å². The number of nitrogens with one attached hydrogen (secondary N) is 1. The highest BCUT2D eigenvalue weighted by Crippen LogP contribution is 2.19. The average Bonchev–Trinajstić information content (AvgIpc) is 3.02. The second-order valence-corrected chi connectivity index (χ2v) is 5.72. The van der Waals surface area contributed by atoms with E-state index in [1.807, 2.05) is 12.1 Å². The van der Waals surface area contributed by atoms with Gasteiger partial charge < -0.3 is 5.32 Å². The number of nitrogens with zero attached hydrogens (tertiary/aromatic N) is 3. The first kappa shape index (κ1) is 13.1. The van der Waals surface area contributed by atoms with Gasteiger partial charge in [0, 0.05) is 6.04 Å². The van der Waals surface area contributed by atoms with E-state index in [2.05, 4.69) is 29.5 Å². The maximum atomic E-state index is 12.1. The first-order chi connectivity index (χ1) is 9.63. The molecule has 0 aliphatic heterocycles. The summed E-state index contributed by atoms with van der Waals surface area (Å²) in [6.07, 6.45) is 4.63. The van der Waals surface area contributed by atoms with Crippen molar-refractivity contribution in [3.63, 3.8) is 0 Å². The van der Waals surface area contributed by atoms with Gasteiger partial charge in [-0.3, -0.25) is 4.79 Å². The summed E-state index contributed by atoms with van der Waals surface area (Å²) in [7, 11) is 0. The summed E-state index contributed by atoms with van der Waals surface area (Å²) in [5.41, 5.74) is 4.16. The van der Waals surface area contributed by atoms with Crippen molar-refractivity contribution in [1.29, 1.82) is 0 Å². The molecule has 0 saturated heterocycles. The van der Waals surface area contributed by atoms with Crippen LogP contribution in [0.2, 0.25) is 0 Å². The molecule has 5 heteroatoms. The summed E-state index contributed by atoms with van der Waals surface area (Å²) in [6.45, 7) is 4.36. The number of aryl methyl sites for hydroxylation is 2. The molecule has 1 amide bonds. The van der Waals surface area contributed by atoms with Crippen LogP contribution in [0, 0.1) is 13.8 Å². The average molecular weight is 272 g/mol. The molecule has 0 unspecified atom stereocenters. The van der Waals surface area contributed by atoms with Crippen molar-refractivity contribution in [1.82, 2.24) is 20.3 Å². The second-order valence-electron chi connectivity index (χ2n) is 5.72. The minimum atomic E-state index is 0.0296. The smallest absolute Gasteiger partial charge is 0.242 e. The van der Waals surface area contributed by atoms with E-state index in [0.717, 1.165) is 23.9 Å². The Kier molecular flexibility index (Phi) is 3.42. The highest BCUT2D eigenvalue weighted by atomic mass is 16.2. The molecule has 1 aromatic carbocycles. The number of fused-ring (bicyclic) bond motifs is 1. The number of hydrogen-bond acceptors (Lipinski definition) is 3. The van der Waals surface area contributed by atoms with E-state index in [1.165, 1.54) is 24.0 Å². The van der Waals surface area contributed by atoms with Crippen LogP contribution >= 0.6 is 0 Å². The number of carbonyl (C=O) groups excluding carboxylic acids is 1. The third kappa shape index (κ3) is 2.53. The fourth-order valence-electron chi connectivity index (χ4n) is 2.82. The summed E-state index contributed by atoms with van der Waals surface area (Å²) in [5.74, 6) is 0.0296. The third-order valence-corrected chi connectivity index (χ3v) is 4.14. The first-order valence-corrected chi connectivity index (χ1v) is 7.23. The topological polar surface area (TPSA) is 59.8 Å². The maximum Gasteiger partial charge on any atom is 0.242 e. The van der Waals surface area contributed by atoms with Crippen molar-refractivity contribution >= 4 is 16.9 Å². The minimum Gasteiger partial charge on any atom is -0.352 e. The van der Waals surface area contributed by atoms with Crippen molar-refractivity contribution < 1.29 is 4.79 Å². The predicted octanol–water partition coefficient (Wildman–Crippen LogP) is 2.11. The minimum absolute atomic E-state index is 0.0296. The van der Waals surface area contributed by atoms with Crippen molar-refractivity contribution in [2.24, 2.45) is 0 Å². The molecule has 0 bridgehead atoms. The van der Waals surface area contributed by atoms with Gasteiger partial charge >= 0.3 is 0 Å². The van der Waals surface area contributed by atoms with E-state index >= 15 is 0 Å². The zero-order chi connectivity index (χ0) is 14.1. The fraction of sp³-hybridized carbons (Fsp3) is 0.533. The van der Waals surface area contributed by atoms with Gasteiger partial charge in [-0.1, -0.05) is 18.1 Å². The number of benzene rings is 1. The highest BCUT2D eigenvalue weighted by Gasteiger charge is 2.18. The molecule has 5 nitrogen and oxygen atoms in total. The summed E-state index contributed by atoms with van der Waals surface area (Å²) >= 11 is 0. The van der Waals surface area contributed by atoms with E-state index in [0.29, 0.717) is 6.04 Å². The molecule has 1 fully saturated rings. The van der Waals surface area contributed by atoms with E-state index in [4.69, 9.17) is 0 Å². The standard InChI is InChI=1S/C15H20N4O/c1-10-7-13-14(8-11(10)2)19(18-17-13)9-15(20)16-12-5-3-4-6-12/h7-8,12H,3-6,9H2,1-2H3,(H,16,20). The Hall–Kier alpha value is -1.91. The van der Waals surface area contributed by atoms with Gasteiger partial charge in [0.05, 0.1) is 5.52 Å². The van der Waals surface area contributed by atoms with Gasteiger partial charge in [-0.2, -0.15) is 0 Å². The SMILES string of the molecule is Cc1cc2nnn(CC(=O)NC3CCCC3)c2cc1C. The monoisotopic (exact) mass is 272 g/mol. The van der Waals surface area contributed by atoms with Crippen LogP contribution in [0.3, 0.4) is 0 Å². The summed E-state index contributed by atoms with van der Waals surface area (Å²) in [4.78, 5) is 12.1. The van der Waals surface area contributed by atoms with Gasteiger partial charge in [0.1, 0.15) is 12.1 Å². The van der Waals surface area contributed by atoms with Gasteiger partial charge in [-0.25, -0.2) is 4.68 Å². The lowest BCUT2D eigenvalue weighted by Gasteiger charge is -2.11. The number of carbonyl (C=O) groups is 1. The summed E-state index contributed by atoms with van der Waals surface area (Å²) in [5, 5.41) is 11.3. The molecule has 1 aliphatic rings. The number of rotatable bonds is 3. The predicted molar refractivity (Wildman–Crippen MR) is 77.4 cm³/mol. The van der Waals surface area contributed by atoms with Crippen molar-refractivity contribution in [3.05, 3.63) is 23.3 Å². The molecule has 0 atom stereocenters. The van der Waals surface area contributed by atoms with Gasteiger partial charge in [-0.05, 0) is 49.9 Å². The molecule has 2 aromatic rings. The fourth-order valence-corrected chi connectivity index (χ4v) is 2.82. The Bertz CT molecular complexity index is 641.